The van der Waals surface area contributed by atoms with Crippen LogP contribution in [0.3, 0.4) is 0 Å². The lowest BCUT2D eigenvalue weighted by atomic mass is 9.87. The molecule has 2 aromatic rings. The molecule has 2 amide bonds. The van der Waals surface area contributed by atoms with Gasteiger partial charge in [0.25, 0.3) is 0 Å². The molecule has 4 N–H and O–H groups in total. The minimum Gasteiger partial charge on any atom is -0.423 e. The lowest BCUT2D eigenvalue weighted by Gasteiger charge is -2.27. The third-order valence-electron chi connectivity index (χ3n) is 4.38. The van der Waals surface area contributed by atoms with Crippen molar-refractivity contribution < 1.29 is 37.4 Å². The summed E-state index contributed by atoms with van der Waals surface area (Å²) in [5.74, 6) is -1.33. The van der Waals surface area contributed by atoms with Gasteiger partial charge >= 0.3 is 11.8 Å². The molecular weight excluding hydrogens is 409 g/mol. The summed E-state index contributed by atoms with van der Waals surface area (Å²) in [6.45, 7) is 2.44. The summed E-state index contributed by atoms with van der Waals surface area (Å²) in [6.07, 6.45) is -6.41. The highest BCUT2D eigenvalue weighted by Crippen LogP contribution is 2.34. The second-order valence-electron chi connectivity index (χ2n) is 7.33. The van der Waals surface area contributed by atoms with Gasteiger partial charge < -0.3 is 25.3 Å². The smallest absolute Gasteiger partial charge is 0.417 e. The summed E-state index contributed by atoms with van der Waals surface area (Å²) in [6, 6.07) is 3.75. The van der Waals surface area contributed by atoms with Gasteiger partial charge in [-0.2, -0.15) is 13.2 Å². The number of hydrogen-bond acceptors (Lipinski definition) is 6. The number of benzene rings is 1. The molecule has 0 spiro atoms. The molecule has 0 radical (unpaired) electrons. The molecule has 1 aromatic heterocycles. The summed E-state index contributed by atoms with van der Waals surface area (Å²) < 4.78 is 43.9. The van der Waals surface area contributed by atoms with Crippen LogP contribution in [-0.2, 0) is 15.8 Å². The second-order valence-corrected chi connectivity index (χ2v) is 7.33. The molecule has 0 bridgehead atoms. The van der Waals surface area contributed by atoms with E-state index in [1.54, 1.807) is 0 Å². The normalized spacial score (nSPS) is 13.2. The molecule has 1 atom stereocenters. The number of nitrogens with one attached hydrogen (secondary N) is 2. The largest absolute Gasteiger partial charge is 0.423 e. The van der Waals surface area contributed by atoms with Crippen LogP contribution < -0.4 is 16.3 Å². The molecular formula is C19H21F3N2O6. The highest BCUT2D eigenvalue weighted by atomic mass is 19.4. The van der Waals surface area contributed by atoms with Crippen LogP contribution in [0.15, 0.2) is 33.5 Å². The number of fused-ring (bicyclic) bond motifs is 1. The quantitative estimate of drug-likeness (QED) is 0.495. The van der Waals surface area contributed by atoms with Gasteiger partial charge in [-0.3, -0.25) is 9.59 Å². The van der Waals surface area contributed by atoms with Crippen LogP contribution in [0.25, 0.3) is 11.0 Å². The maximum atomic E-state index is 13.0. The minimum atomic E-state index is -4.74. The van der Waals surface area contributed by atoms with Gasteiger partial charge in [-0.15, -0.1) is 0 Å². The van der Waals surface area contributed by atoms with Crippen LogP contribution in [0.4, 0.5) is 18.9 Å². The first-order valence-corrected chi connectivity index (χ1v) is 8.87. The molecule has 8 nitrogen and oxygen atoms in total. The van der Waals surface area contributed by atoms with Crippen molar-refractivity contribution in [1.29, 1.82) is 0 Å². The molecule has 2 rings (SSSR count). The first-order valence-electron chi connectivity index (χ1n) is 8.87. The summed E-state index contributed by atoms with van der Waals surface area (Å²) in [7, 11) is 0. The molecule has 1 aromatic carbocycles. The standard InChI is InChI=1S/C19H21F3N2O6/c1-18(2,9-25)16(28)17(29)23-6-5-14(26)24-10-3-4-11-12(19(20,21)22)8-15(27)30-13(11)7-10/h3-4,7-8,16,25,28H,5-6,9H2,1-2H3,(H,23,29)(H,24,26)/t16-/m0/s1. The van der Waals surface area contributed by atoms with E-state index in [0.29, 0.717) is 6.07 Å². The third kappa shape index (κ3) is 5.57. The summed E-state index contributed by atoms with van der Waals surface area (Å²) in [5.41, 5.74) is -3.61. The molecule has 0 aliphatic heterocycles. The third-order valence-corrected chi connectivity index (χ3v) is 4.38. The lowest BCUT2D eigenvalue weighted by molar-refractivity contribution is -0.137. The Morgan fingerprint density at radius 3 is 2.47 bits per heavy atom. The van der Waals surface area contributed by atoms with E-state index in [0.717, 1.165) is 12.1 Å². The van der Waals surface area contributed by atoms with Gasteiger partial charge in [-0.1, -0.05) is 13.8 Å². The van der Waals surface area contributed by atoms with Gasteiger partial charge in [0.15, 0.2) is 0 Å². The molecule has 0 aliphatic carbocycles. The van der Waals surface area contributed by atoms with Crippen LogP contribution in [0, 0.1) is 5.41 Å². The Kier molecular flexibility index (Phi) is 6.88. The fourth-order valence-corrected chi connectivity index (χ4v) is 2.54. The van der Waals surface area contributed by atoms with Crippen molar-refractivity contribution in [2.24, 2.45) is 5.41 Å². The van der Waals surface area contributed by atoms with Crippen molar-refractivity contribution in [2.75, 3.05) is 18.5 Å². The highest BCUT2D eigenvalue weighted by Gasteiger charge is 2.34. The number of amides is 2. The van der Waals surface area contributed by atoms with Crippen molar-refractivity contribution in [1.82, 2.24) is 5.32 Å². The number of aliphatic hydroxyl groups is 2. The Morgan fingerprint density at radius 1 is 1.20 bits per heavy atom. The van der Waals surface area contributed by atoms with Gasteiger partial charge in [0, 0.05) is 41.6 Å². The second kappa shape index (κ2) is 8.84. The molecule has 0 fully saturated rings. The van der Waals surface area contributed by atoms with Gasteiger partial charge in [-0.05, 0) is 12.1 Å². The number of halogens is 3. The monoisotopic (exact) mass is 430 g/mol. The number of anilines is 1. The van der Waals surface area contributed by atoms with E-state index < -0.39 is 47.3 Å². The fraction of sp³-hybridized carbons (Fsp3) is 0.421. The fourth-order valence-electron chi connectivity index (χ4n) is 2.54. The average molecular weight is 430 g/mol. The van der Waals surface area contributed by atoms with Crippen LogP contribution in [0.1, 0.15) is 25.8 Å². The predicted octanol–water partition coefficient (Wildman–Crippen LogP) is 1.64. The Hall–Kier alpha value is -2.92. The van der Waals surface area contributed by atoms with Gasteiger partial charge in [-0.25, -0.2) is 4.79 Å². The number of rotatable bonds is 7. The van der Waals surface area contributed by atoms with E-state index in [1.165, 1.54) is 19.9 Å². The van der Waals surface area contributed by atoms with Crippen molar-refractivity contribution >= 4 is 28.5 Å². The zero-order chi connectivity index (χ0) is 22.7. The van der Waals surface area contributed by atoms with E-state index in [1.807, 2.05) is 0 Å². The molecule has 0 saturated heterocycles. The maximum absolute atomic E-state index is 13.0. The van der Waals surface area contributed by atoms with E-state index >= 15 is 0 Å². The SMILES string of the molecule is CC(C)(CO)[C@@H](O)C(=O)NCCC(=O)Nc1ccc2c(C(F)(F)F)cc(=O)oc2c1. The van der Waals surface area contributed by atoms with Crippen LogP contribution in [0.5, 0.6) is 0 Å². The van der Waals surface area contributed by atoms with Crippen LogP contribution in [0.2, 0.25) is 0 Å². The number of hydrogen-bond donors (Lipinski definition) is 4. The van der Waals surface area contributed by atoms with Crippen molar-refractivity contribution in [3.8, 4) is 0 Å². The molecule has 0 saturated carbocycles. The molecule has 30 heavy (non-hydrogen) atoms. The number of carbonyl (C=O) groups excluding carboxylic acids is 2. The lowest BCUT2D eigenvalue weighted by Crippen LogP contribution is -2.46. The Labute approximate surface area is 168 Å². The van der Waals surface area contributed by atoms with Gasteiger partial charge in [0.05, 0.1) is 12.2 Å². The Bertz CT molecular complexity index is 1000. The predicted molar refractivity (Wildman–Crippen MR) is 101 cm³/mol. The molecule has 0 unspecified atom stereocenters. The molecule has 0 aliphatic rings. The number of alkyl halides is 3. The summed E-state index contributed by atoms with van der Waals surface area (Å²) in [5, 5.41) is 23.5. The molecule has 11 heteroatoms. The van der Waals surface area contributed by atoms with Gasteiger partial charge in [0.2, 0.25) is 11.8 Å². The van der Waals surface area contributed by atoms with E-state index in [2.05, 4.69) is 10.6 Å². The zero-order valence-corrected chi connectivity index (χ0v) is 16.2. The van der Waals surface area contributed by atoms with Crippen LogP contribution in [-0.4, -0.2) is 41.3 Å². The maximum Gasteiger partial charge on any atom is 0.417 e. The topological polar surface area (TPSA) is 129 Å². The number of aliphatic hydroxyl groups excluding tert-OH is 2. The van der Waals surface area contributed by atoms with E-state index in [4.69, 9.17) is 9.52 Å². The highest BCUT2D eigenvalue weighted by molar-refractivity contribution is 5.94. The van der Waals surface area contributed by atoms with Gasteiger partial charge in [0.1, 0.15) is 11.7 Å². The number of carbonyl (C=O) groups is 2. The first kappa shape index (κ1) is 23.4. The molecule has 1 heterocycles. The summed E-state index contributed by atoms with van der Waals surface area (Å²) in [4.78, 5) is 35.3. The van der Waals surface area contributed by atoms with E-state index in [-0.39, 0.29) is 29.6 Å². The van der Waals surface area contributed by atoms with Crippen LogP contribution >= 0.6 is 0 Å². The van der Waals surface area contributed by atoms with Crippen molar-refractivity contribution in [3.63, 3.8) is 0 Å². The zero-order valence-electron chi connectivity index (χ0n) is 16.2. The van der Waals surface area contributed by atoms with Crippen molar-refractivity contribution in [3.05, 3.63) is 40.2 Å². The first-order chi connectivity index (χ1) is 13.8. The summed E-state index contributed by atoms with van der Waals surface area (Å²) >= 11 is 0. The van der Waals surface area contributed by atoms with Crippen molar-refractivity contribution in [2.45, 2.75) is 32.5 Å². The average Bonchev–Trinajstić information content (AvgIpc) is 2.65. The Morgan fingerprint density at radius 2 is 1.87 bits per heavy atom. The molecule has 164 valence electrons. The van der Waals surface area contributed by atoms with E-state index in [9.17, 15) is 32.7 Å². The Balaban J connectivity index is 2.02. The minimum absolute atomic E-state index is 0.0998.